The van der Waals surface area contributed by atoms with Crippen LogP contribution in [0.5, 0.6) is 0 Å². The van der Waals surface area contributed by atoms with Gasteiger partial charge in [-0.25, -0.2) is 4.68 Å². The monoisotopic (exact) mass is 446 g/mol. The lowest BCUT2D eigenvalue weighted by Crippen LogP contribution is -2.43. The summed E-state index contributed by atoms with van der Waals surface area (Å²) in [4.78, 5) is 15.0. The molecule has 5 aromatic rings. The van der Waals surface area contributed by atoms with E-state index < -0.39 is 6.04 Å². The molecule has 0 aliphatic carbocycles. The van der Waals surface area contributed by atoms with Crippen molar-refractivity contribution in [3.8, 4) is 16.9 Å². The smallest absolute Gasteiger partial charge is 0.244 e. The molecule has 168 valence electrons. The van der Waals surface area contributed by atoms with Crippen molar-refractivity contribution < 1.29 is 4.79 Å². The Balaban J connectivity index is 1.54. The summed E-state index contributed by atoms with van der Waals surface area (Å²) >= 11 is 0. The normalized spacial score (nSPS) is 11.9. The minimum atomic E-state index is -0.656. The number of rotatable bonds is 6. The molecule has 0 unspecified atom stereocenters. The van der Waals surface area contributed by atoms with Crippen LogP contribution >= 0.6 is 0 Å². The van der Waals surface area contributed by atoms with E-state index in [9.17, 15) is 4.79 Å². The molecule has 2 N–H and O–H groups in total. The molecule has 0 bridgehead atoms. The maximum absolute atomic E-state index is 13.4. The Bertz CT molecular complexity index is 1430. The first kappa shape index (κ1) is 21.6. The van der Waals surface area contributed by atoms with Crippen LogP contribution < -0.4 is 10.6 Å². The van der Waals surface area contributed by atoms with E-state index >= 15 is 0 Å². The zero-order valence-corrected chi connectivity index (χ0v) is 19.0. The molecule has 0 radical (unpaired) electrons. The molecule has 1 aromatic heterocycles. The van der Waals surface area contributed by atoms with Crippen molar-refractivity contribution in [2.45, 2.75) is 12.5 Å². The van der Waals surface area contributed by atoms with Crippen LogP contribution in [0.3, 0.4) is 0 Å². The first-order chi connectivity index (χ1) is 16.6. The van der Waals surface area contributed by atoms with Gasteiger partial charge < -0.3 is 10.6 Å². The van der Waals surface area contributed by atoms with Gasteiger partial charge in [-0.15, -0.1) is 0 Å². The lowest BCUT2D eigenvalue weighted by Gasteiger charge is -2.21. The van der Waals surface area contributed by atoms with Gasteiger partial charge in [0.15, 0.2) is 0 Å². The van der Waals surface area contributed by atoms with Crippen LogP contribution in [0, 0.1) is 0 Å². The maximum atomic E-state index is 13.4. The van der Waals surface area contributed by atoms with E-state index in [4.69, 9.17) is 10.8 Å². The zero-order valence-electron chi connectivity index (χ0n) is 19.0. The van der Waals surface area contributed by atoms with Crippen LogP contribution in [-0.2, 0) is 11.2 Å². The molecule has 5 heteroatoms. The summed E-state index contributed by atoms with van der Waals surface area (Å²) in [5.41, 5.74) is 10.7. The largest absolute Gasteiger partial charge is 0.320 e. The van der Waals surface area contributed by atoms with Crippen LogP contribution in [0.15, 0.2) is 109 Å². The number of nitrogens with zero attached hydrogens (tertiary/aromatic N) is 3. The zero-order chi connectivity index (χ0) is 23.5. The van der Waals surface area contributed by atoms with Gasteiger partial charge in [0, 0.05) is 12.6 Å². The highest BCUT2D eigenvalue weighted by Gasteiger charge is 2.24. The molecule has 1 amide bonds. The molecule has 34 heavy (non-hydrogen) atoms. The van der Waals surface area contributed by atoms with Gasteiger partial charge in [0.05, 0.1) is 23.6 Å². The van der Waals surface area contributed by atoms with E-state index in [2.05, 4.69) is 24.3 Å². The van der Waals surface area contributed by atoms with Crippen molar-refractivity contribution in [1.82, 2.24) is 9.78 Å². The number of aromatic nitrogens is 2. The van der Waals surface area contributed by atoms with Gasteiger partial charge in [0.2, 0.25) is 5.91 Å². The summed E-state index contributed by atoms with van der Waals surface area (Å²) in [6, 6.07) is 33.5. The second-order valence-electron chi connectivity index (χ2n) is 8.40. The molecule has 5 nitrogen and oxygen atoms in total. The lowest BCUT2D eigenvalue weighted by molar-refractivity contribution is -0.119. The molecule has 1 heterocycles. The SMILES string of the molecule is CN(C(=O)[C@@H](N)Cc1ccccc1)c1cn(-c2ccccc2)nc1-c1ccc2ccccc2c1. The number of nitrogens with two attached hydrogens (primary N) is 1. The van der Waals surface area contributed by atoms with Crippen molar-refractivity contribution in [3.05, 3.63) is 115 Å². The summed E-state index contributed by atoms with van der Waals surface area (Å²) in [6.45, 7) is 0. The molecular formula is C29H26N4O. The molecule has 0 fully saturated rings. The third-order valence-corrected chi connectivity index (χ3v) is 6.05. The Kier molecular flexibility index (Phi) is 5.93. The molecular weight excluding hydrogens is 420 g/mol. The van der Waals surface area contributed by atoms with Gasteiger partial charge in [-0.2, -0.15) is 5.10 Å². The second kappa shape index (κ2) is 9.33. The maximum Gasteiger partial charge on any atom is 0.244 e. The third-order valence-electron chi connectivity index (χ3n) is 6.05. The number of carbonyl (C=O) groups excluding carboxylic acids is 1. The number of benzene rings is 4. The Morgan fingerprint density at radius 2 is 1.53 bits per heavy atom. The van der Waals surface area contributed by atoms with Gasteiger partial charge in [0.25, 0.3) is 0 Å². The van der Waals surface area contributed by atoms with Crippen LogP contribution in [0.4, 0.5) is 5.69 Å². The summed E-state index contributed by atoms with van der Waals surface area (Å²) in [5.74, 6) is -0.154. The first-order valence-electron chi connectivity index (χ1n) is 11.3. The summed E-state index contributed by atoms with van der Waals surface area (Å²) in [5, 5.41) is 7.16. The Labute approximate surface area is 199 Å². The van der Waals surface area contributed by atoms with Gasteiger partial charge >= 0.3 is 0 Å². The molecule has 0 saturated heterocycles. The van der Waals surface area contributed by atoms with Crippen molar-refractivity contribution in [2.24, 2.45) is 5.73 Å². The fourth-order valence-corrected chi connectivity index (χ4v) is 4.19. The number of para-hydroxylation sites is 1. The van der Waals surface area contributed by atoms with Crippen LogP contribution in [-0.4, -0.2) is 28.8 Å². The van der Waals surface area contributed by atoms with Crippen LogP contribution in [0.25, 0.3) is 27.7 Å². The Morgan fingerprint density at radius 1 is 0.882 bits per heavy atom. The molecule has 1 atom stereocenters. The van der Waals surface area contributed by atoms with E-state index in [1.165, 1.54) is 0 Å². The fourth-order valence-electron chi connectivity index (χ4n) is 4.19. The minimum Gasteiger partial charge on any atom is -0.320 e. The lowest BCUT2D eigenvalue weighted by atomic mass is 10.0. The molecule has 5 rings (SSSR count). The number of fused-ring (bicyclic) bond motifs is 1. The van der Waals surface area contributed by atoms with Gasteiger partial charge in [0.1, 0.15) is 5.69 Å². The average molecular weight is 447 g/mol. The average Bonchev–Trinajstić information content (AvgIpc) is 3.34. The molecule has 0 saturated carbocycles. The van der Waals surface area contributed by atoms with E-state index in [0.717, 1.165) is 33.3 Å². The Hall–Kier alpha value is -4.22. The number of anilines is 1. The van der Waals surface area contributed by atoms with Gasteiger partial charge in [-0.05, 0) is 41.0 Å². The first-order valence-corrected chi connectivity index (χ1v) is 11.3. The number of likely N-dealkylation sites (N-methyl/N-ethyl adjacent to an activating group) is 1. The minimum absolute atomic E-state index is 0.154. The number of carbonyl (C=O) groups is 1. The van der Waals surface area contributed by atoms with E-state index in [1.54, 1.807) is 11.9 Å². The van der Waals surface area contributed by atoms with Crippen LogP contribution in [0.1, 0.15) is 5.56 Å². The van der Waals surface area contributed by atoms with Crippen molar-refractivity contribution in [3.63, 3.8) is 0 Å². The second-order valence-corrected chi connectivity index (χ2v) is 8.40. The third kappa shape index (κ3) is 4.34. The fraction of sp³-hybridized carbons (Fsp3) is 0.103. The number of hydrogen-bond acceptors (Lipinski definition) is 3. The van der Waals surface area contributed by atoms with Gasteiger partial charge in [-0.1, -0.05) is 84.9 Å². The molecule has 4 aromatic carbocycles. The molecule has 0 aliphatic rings. The van der Waals surface area contributed by atoms with E-state index in [1.807, 2.05) is 89.7 Å². The summed E-state index contributed by atoms with van der Waals surface area (Å²) in [7, 11) is 1.77. The van der Waals surface area contributed by atoms with Crippen molar-refractivity contribution in [1.29, 1.82) is 0 Å². The van der Waals surface area contributed by atoms with Crippen molar-refractivity contribution in [2.75, 3.05) is 11.9 Å². The predicted molar refractivity (Wildman–Crippen MR) is 138 cm³/mol. The predicted octanol–water partition coefficient (Wildman–Crippen LogP) is 5.23. The van der Waals surface area contributed by atoms with Crippen molar-refractivity contribution >= 4 is 22.4 Å². The Morgan fingerprint density at radius 3 is 2.26 bits per heavy atom. The topological polar surface area (TPSA) is 64.2 Å². The quantitative estimate of drug-likeness (QED) is 0.389. The summed E-state index contributed by atoms with van der Waals surface area (Å²) in [6.07, 6.45) is 2.37. The van der Waals surface area contributed by atoms with Crippen LogP contribution in [0.2, 0.25) is 0 Å². The van der Waals surface area contributed by atoms with Gasteiger partial charge in [-0.3, -0.25) is 4.79 Å². The standard InChI is InChI=1S/C29H26N4O/c1-32(29(34)26(30)18-21-10-4-2-5-11-21)27-20-33(25-14-6-3-7-15-25)31-28(27)24-17-16-22-12-8-9-13-23(22)19-24/h2-17,19-20,26H,18,30H2,1H3/t26-/m0/s1. The molecule has 0 aliphatic heterocycles. The number of amides is 1. The highest BCUT2D eigenvalue weighted by atomic mass is 16.2. The number of hydrogen-bond donors (Lipinski definition) is 1. The van der Waals surface area contributed by atoms with E-state index in [-0.39, 0.29) is 5.91 Å². The molecule has 0 spiro atoms. The highest BCUT2D eigenvalue weighted by molar-refractivity contribution is 6.00. The highest BCUT2D eigenvalue weighted by Crippen LogP contribution is 2.32. The summed E-state index contributed by atoms with van der Waals surface area (Å²) < 4.78 is 1.81. The van der Waals surface area contributed by atoms with E-state index in [0.29, 0.717) is 12.1 Å².